The average molecular weight is 381 g/mol. The predicted molar refractivity (Wildman–Crippen MR) is 126 cm³/mol. The Morgan fingerprint density at radius 3 is 2.24 bits per heavy atom. The Labute approximate surface area is 173 Å². The molecule has 2 heteroatoms. The monoisotopic (exact) mass is 380 g/mol. The first-order valence-electron chi connectivity index (χ1n) is 10.4. The van der Waals surface area contributed by atoms with Gasteiger partial charge in [-0.3, -0.25) is 0 Å². The summed E-state index contributed by atoms with van der Waals surface area (Å²) in [6.07, 6.45) is 3.43. The normalized spacial score (nSPS) is 12.2. The van der Waals surface area contributed by atoms with Crippen molar-refractivity contribution in [1.29, 1.82) is 0 Å². The van der Waals surface area contributed by atoms with Gasteiger partial charge in [-0.15, -0.1) is 0 Å². The number of anilines is 2. The molecule has 4 aromatic carbocycles. The molecule has 2 nitrogen and oxygen atoms in total. The fourth-order valence-electron chi connectivity index (χ4n) is 4.24. The first kappa shape index (κ1) is 19.1. The van der Waals surface area contributed by atoms with Crippen LogP contribution in [-0.4, -0.2) is 0 Å². The number of benzene rings is 4. The maximum absolute atomic E-state index is 6.27. The summed E-state index contributed by atoms with van der Waals surface area (Å²) < 4.78 is 0. The van der Waals surface area contributed by atoms with Crippen LogP contribution >= 0.6 is 0 Å². The summed E-state index contributed by atoms with van der Waals surface area (Å²) in [4.78, 5) is 0. The van der Waals surface area contributed by atoms with Crippen molar-refractivity contribution in [1.82, 2.24) is 0 Å². The van der Waals surface area contributed by atoms with Crippen molar-refractivity contribution in [2.45, 2.75) is 32.1 Å². The van der Waals surface area contributed by atoms with E-state index in [0.29, 0.717) is 0 Å². The molecule has 0 aliphatic carbocycles. The highest BCUT2D eigenvalue weighted by atomic mass is 14.5. The van der Waals surface area contributed by atoms with Gasteiger partial charge in [0.1, 0.15) is 0 Å². The zero-order chi connectivity index (χ0) is 20.2. The van der Waals surface area contributed by atoms with E-state index in [1.807, 2.05) is 18.2 Å². The molecule has 0 aliphatic rings. The number of nitrogen functional groups attached to an aromatic ring is 2. The van der Waals surface area contributed by atoms with Gasteiger partial charge in [0.15, 0.2) is 0 Å². The van der Waals surface area contributed by atoms with Crippen LogP contribution in [0.15, 0.2) is 84.9 Å². The second-order valence-electron chi connectivity index (χ2n) is 7.73. The van der Waals surface area contributed by atoms with E-state index in [1.54, 1.807) is 0 Å². The molecular weight excluding hydrogens is 352 g/mol. The average Bonchev–Trinajstić information content (AvgIpc) is 2.75. The van der Waals surface area contributed by atoms with Crippen LogP contribution in [0.2, 0.25) is 0 Å². The second kappa shape index (κ2) is 8.40. The lowest BCUT2D eigenvalue weighted by Crippen LogP contribution is -2.05. The van der Waals surface area contributed by atoms with Gasteiger partial charge in [0.05, 0.1) is 0 Å². The molecule has 0 aromatic heterocycles. The number of hydrogen-bond acceptors (Lipinski definition) is 2. The molecular formula is C27H28N2. The lowest BCUT2D eigenvalue weighted by atomic mass is 9.81. The van der Waals surface area contributed by atoms with Gasteiger partial charge in [-0.2, -0.15) is 0 Å². The molecule has 29 heavy (non-hydrogen) atoms. The Morgan fingerprint density at radius 2 is 1.45 bits per heavy atom. The summed E-state index contributed by atoms with van der Waals surface area (Å²) in [6.45, 7) is 2.25. The Bertz CT molecular complexity index is 1110. The maximum atomic E-state index is 6.27. The van der Waals surface area contributed by atoms with Gasteiger partial charge in [-0.05, 0) is 63.7 Å². The van der Waals surface area contributed by atoms with Crippen molar-refractivity contribution in [3.8, 4) is 11.1 Å². The molecule has 0 bridgehead atoms. The second-order valence-corrected chi connectivity index (χ2v) is 7.73. The van der Waals surface area contributed by atoms with Crippen LogP contribution < -0.4 is 11.5 Å². The first-order chi connectivity index (χ1) is 14.2. The molecule has 4 N–H and O–H groups in total. The number of unbranched alkanes of at least 4 members (excludes halogenated alkanes) is 1. The summed E-state index contributed by atoms with van der Waals surface area (Å²) in [6, 6.07) is 29.7. The number of rotatable bonds is 6. The molecule has 0 saturated carbocycles. The SMILES string of the molecule is CCCCC(c1cc(N)ccc1-c1ccc(N)cc1)c1cccc2ccccc12. The molecule has 0 heterocycles. The van der Waals surface area contributed by atoms with Crippen molar-refractivity contribution < 1.29 is 0 Å². The van der Waals surface area contributed by atoms with Gasteiger partial charge in [-0.1, -0.05) is 80.4 Å². The molecule has 0 fully saturated rings. The number of fused-ring (bicyclic) bond motifs is 1. The molecule has 0 spiro atoms. The summed E-state index contributed by atoms with van der Waals surface area (Å²) in [5, 5.41) is 2.60. The van der Waals surface area contributed by atoms with Gasteiger partial charge < -0.3 is 11.5 Å². The van der Waals surface area contributed by atoms with Crippen molar-refractivity contribution in [2.75, 3.05) is 11.5 Å². The minimum Gasteiger partial charge on any atom is -0.399 e. The van der Waals surface area contributed by atoms with E-state index in [4.69, 9.17) is 11.5 Å². The quantitative estimate of drug-likeness (QED) is 0.354. The van der Waals surface area contributed by atoms with Crippen LogP contribution in [0, 0.1) is 0 Å². The van der Waals surface area contributed by atoms with E-state index in [-0.39, 0.29) is 5.92 Å². The fraction of sp³-hybridized carbons (Fsp3) is 0.185. The van der Waals surface area contributed by atoms with Gasteiger partial charge >= 0.3 is 0 Å². The van der Waals surface area contributed by atoms with E-state index < -0.39 is 0 Å². The summed E-state index contributed by atoms with van der Waals surface area (Å²) in [5.74, 6) is 0.289. The predicted octanol–water partition coefficient (Wildman–Crippen LogP) is 6.99. The van der Waals surface area contributed by atoms with Gasteiger partial charge in [0, 0.05) is 17.3 Å². The van der Waals surface area contributed by atoms with E-state index >= 15 is 0 Å². The topological polar surface area (TPSA) is 52.0 Å². The molecule has 0 saturated heterocycles. The van der Waals surface area contributed by atoms with Crippen molar-refractivity contribution in [2.24, 2.45) is 0 Å². The Morgan fingerprint density at radius 1 is 0.724 bits per heavy atom. The smallest absolute Gasteiger partial charge is 0.0317 e. The van der Waals surface area contributed by atoms with Crippen molar-refractivity contribution in [3.05, 3.63) is 96.1 Å². The van der Waals surface area contributed by atoms with Crippen molar-refractivity contribution >= 4 is 22.1 Å². The highest BCUT2D eigenvalue weighted by Crippen LogP contribution is 2.40. The lowest BCUT2D eigenvalue weighted by Gasteiger charge is -2.23. The van der Waals surface area contributed by atoms with Crippen LogP contribution in [0.1, 0.15) is 43.2 Å². The van der Waals surface area contributed by atoms with E-state index in [0.717, 1.165) is 17.8 Å². The van der Waals surface area contributed by atoms with Crippen LogP contribution in [0.5, 0.6) is 0 Å². The fourth-order valence-corrected chi connectivity index (χ4v) is 4.24. The highest BCUT2D eigenvalue weighted by molar-refractivity contribution is 5.87. The third kappa shape index (κ3) is 3.97. The molecule has 0 radical (unpaired) electrons. The molecule has 0 amide bonds. The third-order valence-electron chi connectivity index (χ3n) is 5.72. The Kier molecular flexibility index (Phi) is 5.53. The van der Waals surface area contributed by atoms with Crippen LogP contribution in [0.25, 0.3) is 21.9 Å². The molecule has 1 unspecified atom stereocenters. The molecule has 4 rings (SSSR count). The largest absolute Gasteiger partial charge is 0.399 e. The van der Waals surface area contributed by atoms with Crippen LogP contribution in [-0.2, 0) is 0 Å². The highest BCUT2D eigenvalue weighted by Gasteiger charge is 2.20. The molecule has 4 aromatic rings. The van der Waals surface area contributed by atoms with E-state index in [2.05, 4.69) is 73.7 Å². The molecule has 0 aliphatic heterocycles. The zero-order valence-electron chi connectivity index (χ0n) is 16.9. The Hall–Kier alpha value is -3.26. The standard InChI is InChI=1S/C27H28N2/c1-2-3-9-26(25-11-6-8-19-7-4-5-10-23(19)25)27-18-22(29)16-17-24(27)20-12-14-21(28)15-13-20/h4-8,10-18,26H,2-3,9,28-29H2,1H3. The minimum atomic E-state index is 0.289. The van der Waals surface area contributed by atoms with Crippen LogP contribution in [0.4, 0.5) is 11.4 Å². The van der Waals surface area contributed by atoms with E-state index in [9.17, 15) is 0 Å². The number of nitrogens with two attached hydrogens (primary N) is 2. The molecule has 146 valence electrons. The molecule has 1 atom stereocenters. The third-order valence-corrected chi connectivity index (χ3v) is 5.72. The van der Waals surface area contributed by atoms with E-state index in [1.165, 1.54) is 45.9 Å². The minimum absolute atomic E-state index is 0.289. The Balaban J connectivity index is 1.92. The summed E-state index contributed by atoms with van der Waals surface area (Å²) in [7, 11) is 0. The zero-order valence-corrected chi connectivity index (χ0v) is 16.9. The maximum Gasteiger partial charge on any atom is 0.0317 e. The summed E-state index contributed by atoms with van der Waals surface area (Å²) in [5.41, 5.74) is 18.9. The van der Waals surface area contributed by atoms with Gasteiger partial charge in [-0.25, -0.2) is 0 Å². The van der Waals surface area contributed by atoms with Gasteiger partial charge in [0.25, 0.3) is 0 Å². The lowest BCUT2D eigenvalue weighted by molar-refractivity contribution is 0.654. The van der Waals surface area contributed by atoms with Gasteiger partial charge in [0.2, 0.25) is 0 Å². The van der Waals surface area contributed by atoms with Crippen molar-refractivity contribution in [3.63, 3.8) is 0 Å². The first-order valence-corrected chi connectivity index (χ1v) is 10.4. The summed E-state index contributed by atoms with van der Waals surface area (Å²) >= 11 is 0. The number of hydrogen-bond donors (Lipinski definition) is 2. The van der Waals surface area contributed by atoms with Crippen LogP contribution in [0.3, 0.4) is 0 Å².